The molecule has 178 valence electrons. The van der Waals surface area contributed by atoms with Crippen molar-refractivity contribution in [1.82, 2.24) is 14.5 Å². The zero-order valence-electron chi connectivity index (χ0n) is 17.4. The second-order valence-electron chi connectivity index (χ2n) is 7.19. The van der Waals surface area contributed by atoms with Gasteiger partial charge in [-0.05, 0) is 49.4 Å². The third-order valence-electron chi connectivity index (χ3n) is 4.73. The van der Waals surface area contributed by atoms with Crippen molar-refractivity contribution < 1.29 is 35.5 Å². The van der Waals surface area contributed by atoms with E-state index in [4.69, 9.17) is 4.42 Å². The highest BCUT2D eigenvalue weighted by molar-refractivity contribution is 9.10. The van der Waals surface area contributed by atoms with Gasteiger partial charge in [-0.3, -0.25) is 0 Å². The van der Waals surface area contributed by atoms with Crippen LogP contribution in [0.1, 0.15) is 17.4 Å². The van der Waals surface area contributed by atoms with Crippen molar-refractivity contribution in [3.05, 3.63) is 70.5 Å². The van der Waals surface area contributed by atoms with Crippen molar-refractivity contribution in [2.45, 2.75) is 26.4 Å². The molecule has 0 amide bonds. The number of oxazole rings is 1. The maximum atomic E-state index is 13.2. The number of aromatic nitrogens is 3. The summed E-state index contributed by atoms with van der Waals surface area (Å²) in [5, 5.41) is 0. The number of aryl methyl sites for hydroxylation is 2. The Morgan fingerprint density at radius 3 is 2.21 bits per heavy atom. The van der Waals surface area contributed by atoms with E-state index in [9.17, 15) is 26.3 Å². The number of rotatable bonds is 4. The summed E-state index contributed by atoms with van der Waals surface area (Å²) < 4.78 is 88.6. The molecule has 4 aromatic rings. The summed E-state index contributed by atoms with van der Waals surface area (Å²) in [6.07, 6.45) is -8.57. The molecule has 0 N–H and O–H groups in total. The van der Waals surface area contributed by atoms with Gasteiger partial charge in [-0.1, -0.05) is 15.9 Å². The molecule has 2 aromatic carbocycles. The molecule has 0 aliphatic rings. The number of halogens is 7. The Morgan fingerprint density at radius 2 is 1.62 bits per heavy atom. The first kappa shape index (κ1) is 23.9. The van der Waals surface area contributed by atoms with Crippen molar-refractivity contribution in [2.24, 2.45) is 0 Å². The average molecular weight is 546 g/mol. The van der Waals surface area contributed by atoms with Gasteiger partial charge >= 0.3 is 12.5 Å². The maximum Gasteiger partial charge on any atom is 0.573 e. The number of ether oxygens (including phenoxy) is 1. The number of hydrogen-bond acceptors (Lipinski definition) is 4. The summed E-state index contributed by atoms with van der Waals surface area (Å²) in [4.78, 5) is 8.01. The van der Waals surface area contributed by atoms with Gasteiger partial charge in [0.25, 0.3) is 0 Å². The highest BCUT2D eigenvalue weighted by atomic mass is 79.9. The fourth-order valence-corrected chi connectivity index (χ4v) is 3.74. The van der Waals surface area contributed by atoms with Crippen molar-refractivity contribution in [3.63, 3.8) is 0 Å². The summed E-state index contributed by atoms with van der Waals surface area (Å²) >= 11 is 3.36. The zero-order chi connectivity index (χ0) is 24.8. The van der Waals surface area contributed by atoms with Crippen molar-refractivity contribution in [1.29, 1.82) is 0 Å². The molecule has 0 atom stereocenters. The predicted octanol–water partition coefficient (Wildman–Crippen LogP) is 7.49. The summed E-state index contributed by atoms with van der Waals surface area (Å²) in [6.45, 7) is 3.02. The lowest BCUT2D eigenvalue weighted by molar-refractivity contribution is -0.274. The van der Waals surface area contributed by atoms with Gasteiger partial charge in [-0.25, -0.2) is 9.97 Å². The number of alkyl halides is 6. The molecule has 5 nitrogen and oxygen atoms in total. The normalized spacial score (nSPS) is 12.3. The van der Waals surface area contributed by atoms with E-state index in [1.54, 1.807) is 25.1 Å². The van der Waals surface area contributed by atoms with Gasteiger partial charge in [0, 0.05) is 28.7 Å². The van der Waals surface area contributed by atoms with Gasteiger partial charge in [0.05, 0.1) is 5.69 Å². The molecule has 0 fully saturated rings. The summed E-state index contributed by atoms with van der Waals surface area (Å²) in [5.41, 5.74) is 0.423. The van der Waals surface area contributed by atoms with Crippen LogP contribution >= 0.6 is 15.9 Å². The van der Waals surface area contributed by atoms with Crippen LogP contribution in [-0.2, 0) is 6.18 Å². The van der Waals surface area contributed by atoms with E-state index in [2.05, 4.69) is 30.6 Å². The van der Waals surface area contributed by atoms with E-state index in [-0.39, 0.29) is 17.5 Å². The van der Waals surface area contributed by atoms with Crippen LogP contribution in [0.4, 0.5) is 26.3 Å². The lowest BCUT2D eigenvalue weighted by Crippen LogP contribution is -2.16. The van der Waals surface area contributed by atoms with Crippen LogP contribution in [0.25, 0.3) is 28.3 Å². The molecular weight excluding hydrogens is 532 g/mol. The second kappa shape index (κ2) is 8.49. The first-order valence-corrected chi connectivity index (χ1v) is 10.4. The first-order chi connectivity index (χ1) is 15.8. The minimum absolute atomic E-state index is 0.103. The van der Waals surface area contributed by atoms with Gasteiger partial charge in [0.15, 0.2) is 17.3 Å². The van der Waals surface area contributed by atoms with Gasteiger partial charge < -0.3 is 13.7 Å². The maximum absolute atomic E-state index is 13.2. The molecule has 0 radical (unpaired) electrons. The van der Waals surface area contributed by atoms with Gasteiger partial charge in [0.2, 0.25) is 0 Å². The summed E-state index contributed by atoms with van der Waals surface area (Å²) in [6, 6.07) is 9.90. The molecule has 2 heterocycles. The van der Waals surface area contributed by atoms with Crippen LogP contribution in [-0.4, -0.2) is 20.9 Å². The zero-order valence-corrected chi connectivity index (χ0v) is 19.0. The molecule has 2 aromatic heterocycles. The first-order valence-electron chi connectivity index (χ1n) is 9.59. The molecule has 0 bridgehead atoms. The standard InChI is InChI=1S/C22H14BrF6N3O2/c1-11-30-18(21(24,25)26)10-32(11)17-8-5-14(23)9-16(17)19-20(33-12(2)31-19)13-3-6-15(7-4-13)34-22(27,28)29/h3-10H,1-2H3. The Bertz CT molecular complexity index is 1340. The van der Waals surface area contributed by atoms with Crippen LogP contribution < -0.4 is 4.74 Å². The van der Waals surface area contributed by atoms with Gasteiger partial charge in [-0.2, -0.15) is 13.2 Å². The second-order valence-corrected chi connectivity index (χ2v) is 8.10. The Labute approximate surface area is 197 Å². The van der Waals surface area contributed by atoms with Gasteiger partial charge in [0.1, 0.15) is 17.3 Å². The monoisotopic (exact) mass is 545 g/mol. The molecule has 0 aliphatic heterocycles. The smallest absolute Gasteiger partial charge is 0.440 e. The van der Waals surface area contributed by atoms with E-state index in [1.807, 2.05) is 0 Å². The number of nitrogens with zero attached hydrogens (tertiary/aromatic N) is 3. The molecule has 12 heteroatoms. The highest BCUT2D eigenvalue weighted by Gasteiger charge is 2.35. The van der Waals surface area contributed by atoms with E-state index in [1.165, 1.54) is 23.6 Å². The number of benzene rings is 2. The van der Waals surface area contributed by atoms with Crippen LogP contribution in [0.2, 0.25) is 0 Å². The molecule has 4 rings (SSSR count). The topological polar surface area (TPSA) is 53.1 Å². The summed E-state index contributed by atoms with van der Waals surface area (Å²) in [5.74, 6) is 0.173. The van der Waals surface area contributed by atoms with Crippen LogP contribution in [0.15, 0.2) is 57.6 Å². The highest BCUT2D eigenvalue weighted by Crippen LogP contribution is 2.39. The quantitative estimate of drug-likeness (QED) is 0.249. The lowest BCUT2D eigenvalue weighted by atomic mass is 10.0. The largest absolute Gasteiger partial charge is 0.573 e. The van der Waals surface area contributed by atoms with E-state index < -0.39 is 24.0 Å². The van der Waals surface area contributed by atoms with Gasteiger partial charge in [-0.15, -0.1) is 13.2 Å². The number of hydrogen-bond donors (Lipinski definition) is 0. The molecule has 0 aliphatic carbocycles. The van der Waals surface area contributed by atoms with E-state index in [0.717, 1.165) is 18.3 Å². The molecular formula is C22H14BrF6N3O2. The molecule has 0 saturated carbocycles. The third kappa shape index (κ3) is 4.96. The molecule has 0 saturated heterocycles. The lowest BCUT2D eigenvalue weighted by Gasteiger charge is -2.12. The van der Waals surface area contributed by atoms with Crippen LogP contribution in [0.3, 0.4) is 0 Å². The van der Waals surface area contributed by atoms with Crippen LogP contribution in [0, 0.1) is 13.8 Å². The Morgan fingerprint density at radius 1 is 0.941 bits per heavy atom. The van der Waals surface area contributed by atoms with Crippen molar-refractivity contribution >= 4 is 15.9 Å². The minimum atomic E-state index is -4.83. The Kier molecular flexibility index (Phi) is 5.96. The molecule has 0 unspecified atom stereocenters. The van der Waals surface area contributed by atoms with Crippen molar-refractivity contribution in [3.8, 4) is 34.0 Å². The Hall–Kier alpha value is -3.28. The third-order valence-corrected chi connectivity index (χ3v) is 5.22. The average Bonchev–Trinajstić information content (AvgIpc) is 3.30. The van der Waals surface area contributed by atoms with Crippen LogP contribution in [0.5, 0.6) is 5.75 Å². The summed E-state index contributed by atoms with van der Waals surface area (Å²) in [7, 11) is 0. The SMILES string of the molecule is Cc1nc(-c2cc(Br)ccc2-n2cc(C(F)(F)F)nc2C)c(-c2ccc(OC(F)(F)F)cc2)o1. The number of imidazole rings is 1. The Balaban J connectivity index is 1.84. The molecule has 34 heavy (non-hydrogen) atoms. The van der Waals surface area contributed by atoms with E-state index >= 15 is 0 Å². The fraction of sp³-hybridized carbons (Fsp3) is 0.182. The van der Waals surface area contributed by atoms with E-state index in [0.29, 0.717) is 27.0 Å². The van der Waals surface area contributed by atoms with Crippen molar-refractivity contribution in [2.75, 3.05) is 0 Å². The predicted molar refractivity (Wildman–Crippen MR) is 113 cm³/mol. The minimum Gasteiger partial charge on any atom is -0.440 e. The molecule has 0 spiro atoms. The fourth-order valence-electron chi connectivity index (χ4n) is 3.37.